The number of nitrogens with two attached hydrogens (primary N) is 1. The number of benzene rings is 5. The minimum Gasteiger partial charge on any atom is -0.365 e. The largest absolute Gasteiger partial charge is 0.365 e. The fourth-order valence-electron chi connectivity index (χ4n) is 7.25. The molecule has 5 aromatic rings. The second-order valence-electron chi connectivity index (χ2n) is 13.7. The summed E-state index contributed by atoms with van der Waals surface area (Å²) in [5.41, 5.74) is 21.6. The number of anilines is 1. The smallest absolute Gasteiger partial charge is 0.103 e. The van der Waals surface area contributed by atoms with Gasteiger partial charge in [-0.25, -0.2) is 0 Å². The van der Waals surface area contributed by atoms with E-state index in [1.807, 2.05) is 39.8 Å². The zero-order valence-electron chi connectivity index (χ0n) is 32.0. The van der Waals surface area contributed by atoms with E-state index in [2.05, 4.69) is 158 Å². The molecule has 0 radical (unpaired) electrons. The van der Waals surface area contributed by atoms with E-state index in [1.54, 1.807) is 0 Å². The van der Waals surface area contributed by atoms with Crippen LogP contribution in [0, 0.1) is 0 Å². The first-order valence-corrected chi connectivity index (χ1v) is 19.1. The van der Waals surface area contributed by atoms with Gasteiger partial charge in [0.25, 0.3) is 0 Å². The van der Waals surface area contributed by atoms with Crippen LogP contribution < -0.4 is 16.4 Å². The molecule has 0 aromatic heterocycles. The SMILES string of the molecule is C/C=C\C.CC.CC1(C)c2ccccc2-c2ccc(-c3ccc(NC(NCc4ccccc4)c4ccccc4)c(C4=C(CCN)CCC=C4)c3)cc21. The number of fused-ring (bicyclic) bond motifs is 3. The van der Waals surface area contributed by atoms with E-state index in [0.717, 1.165) is 31.5 Å². The second-order valence-corrected chi connectivity index (χ2v) is 13.7. The summed E-state index contributed by atoms with van der Waals surface area (Å²) in [5, 5.41) is 7.72. The normalized spacial score (nSPS) is 14.4. The first kappa shape index (κ1) is 38.3. The highest BCUT2D eigenvalue weighted by Gasteiger charge is 2.35. The first-order chi connectivity index (χ1) is 25.4. The lowest BCUT2D eigenvalue weighted by Gasteiger charge is -2.26. The molecule has 52 heavy (non-hydrogen) atoms. The van der Waals surface area contributed by atoms with E-state index in [0.29, 0.717) is 6.54 Å². The van der Waals surface area contributed by atoms with Crippen LogP contribution in [0.4, 0.5) is 5.69 Å². The Morgan fingerprint density at radius 2 is 1.35 bits per heavy atom. The highest BCUT2D eigenvalue weighted by atomic mass is 15.1. The van der Waals surface area contributed by atoms with E-state index in [9.17, 15) is 0 Å². The number of rotatable bonds is 10. The summed E-state index contributed by atoms with van der Waals surface area (Å²) in [6, 6.07) is 44.1. The van der Waals surface area contributed by atoms with Gasteiger partial charge in [-0.15, -0.1) is 0 Å². The van der Waals surface area contributed by atoms with Crippen LogP contribution in [0.25, 0.3) is 27.8 Å². The average Bonchev–Trinajstić information content (AvgIpc) is 3.44. The summed E-state index contributed by atoms with van der Waals surface area (Å²) in [7, 11) is 0. The molecule has 0 fully saturated rings. The Hall–Kier alpha value is -4.96. The lowest BCUT2D eigenvalue weighted by Crippen LogP contribution is -2.28. The molecule has 5 aromatic carbocycles. The fourth-order valence-corrected chi connectivity index (χ4v) is 7.25. The molecule has 0 spiro atoms. The van der Waals surface area contributed by atoms with Gasteiger partial charge in [0.05, 0.1) is 0 Å². The van der Waals surface area contributed by atoms with Gasteiger partial charge >= 0.3 is 0 Å². The number of allylic oxidation sites excluding steroid dienone is 5. The van der Waals surface area contributed by atoms with Gasteiger partial charge in [0, 0.05) is 23.2 Å². The quantitative estimate of drug-likeness (QED) is 0.101. The van der Waals surface area contributed by atoms with E-state index >= 15 is 0 Å². The van der Waals surface area contributed by atoms with Gasteiger partial charge in [-0.1, -0.05) is 161 Å². The third kappa shape index (κ3) is 8.73. The van der Waals surface area contributed by atoms with Crippen LogP contribution >= 0.6 is 0 Å². The molecule has 4 N–H and O–H groups in total. The molecule has 0 aliphatic heterocycles. The molecule has 0 amide bonds. The van der Waals surface area contributed by atoms with Crippen molar-refractivity contribution in [2.45, 2.75) is 78.9 Å². The molecule has 0 saturated heterocycles. The van der Waals surface area contributed by atoms with Gasteiger partial charge in [0.2, 0.25) is 0 Å². The first-order valence-electron chi connectivity index (χ1n) is 19.1. The molecule has 7 rings (SSSR count). The van der Waals surface area contributed by atoms with Crippen LogP contribution in [0.3, 0.4) is 0 Å². The van der Waals surface area contributed by atoms with E-state index in [-0.39, 0.29) is 11.6 Å². The summed E-state index contributed by atoms with van der Waals surface area (Å²) in [6.45, 7) is 14.1. The molecule has 0 saturated carbocycles. The van der Waals surface area contributed by atoms with Gasteiger partial charge in [-0.2, -0.15) is 0 Å². The third-order valence-electron chi connectivity index (χ3n) is 10.1. The van der Waals surface area contributed by atoms with Crippen LogP contribution in [0.1, 0.15) is 94.8 Å². The second kappa shape index (κ2) is 18.5. The summed E-state index contributed by atoms with van der Waals surface area (Å²) in [5.74, 6) is 0. The Bertz CT molecular complexity index is 1980. The van der Waals surface area contributed by atoms with Gasteiger partial charge in [0.1, 0.15) is 6.17 Å². The lowest BCUT2D eigenvalue weighted by atomic mass is 9.81. The molecule has 0 bridgehead atoms. The maximum atomic E-state index is 6.14. The van der Waals surface area contributed by atoms with Crippen molar-refractivity contribution in [2.24, 2.45) is 5.73 Å². The van der Waals surface area contributed by atoms with Crippen molar-refractivity contribution in [1.82, 2.24) is 5.32 Å². The average molecular weight is 688 g/mol. The van der Waals surface area contributed by atoms with Crippen LogP contribution in [-0.2, 0) is 12.0 Å². The molecule has 1 unspecified atom stereocenters. The highest BCUT2D eigenvalue weighted by Crippen LogP contribution is 2.49. The minimum absolute atomic E-state index is 0.0392. The predicted octanol–water partition coefficient (Wildman–Crippen LogP) is 12.6. The van der Waals surface area contributed by atoms with Crippen molar-refractivity contribution >= 4 is 11.3 Å². The lowest BCUT2D eigenvalue weighted by molar-refractivity contribution is 0.586. The van der Waals surface area contributed by atoms with E-state index in [4.69, 9.17) is 5.73 Å². The Morgan fingerprint density at radius 3 is 2.06 bits per heavy atom. The van der Waals surface area contributed by atoms with Crippen molar-refractivity contribution in [3.05, 3.63) is 179 Å². The van der Waals surface area contributed by atoms with Crippen molar-refractivity contribution in [3.8, 4) is 22.3 Å². The Balaban J connectivity index is 0.000000817. The highest BCUT2D eigenvalue weighted by molar-refractivity contribution is 5.89. The molecule has 268 valence electrons. The van der Waals surface area contributed by atoms with Crippen LogP contribution in [-0.4, -0.2) is 6.54 Å². The molecular formula is C49H57N3. The van der Waals surface area contributed by atoms with Gasteiger partial charge in [-0.3, -0.25) is 5.32 Å². The molecule has 3 nitrogen and oxygen atoms in total. The summed E-state index contributed by atoms with van der Waals surface area (Å²) < 4.78 is 0. The summed E-state index contributed by atoms with van der Waals surface area (Å²) in [6.07, 6.45) is 11.6. The van der Waals surface area contributed by atoms with Gasteiger partial charge in [-0.05, 0) is 108 Å². The van der Waals surface area contributed by atoms with Gasteiger partial charge in [0.15, 0.2) is 0 Å². The monoisotopic (exact) mass is 687 g/mol. The van der Waals surface area contributed by atoms with Crippen LogP contribution in [0.15, 0.2) is 151 Å². The molecule has 1 atom stereocenters. The molecule has 3 heteroatoms. The summed E-state index contributed by atoms with van der Waals surface area (Å²) >= 11 is 0. The Labute approximate surface area is 313 Å². The van der Waals surface area contributed by atoms with Crippen LogP contribution in [0.5, 0.6) is 0 Å². The molecular weight excluding hydrogens is 631 g/mol. The van der Waals surface area contributed by atoms with E-state index in [1.165, 1.54) is 61.2 Å². The maximum Gasteiger partial charge on any atom is 0.103 e. The van der Waals surface area contributed by atoms with Crippen molar-refractivity contribution in [1.29, 1.82) is 0 Å². The van der Waals surface area contributed by atoms with Crippen molar-refractivity contribution in [2.75, 3.05) is 11.9 Å². The molecule has 0 heterocycles. The molecule has 2 aliphatic carbocycles. The Morgan fingerprint density at radius 1 is 0.712 bits per heavy atom. The van der Waals surface area contributed by atoms with E-state index < -0.39 is 0 Å². The van der Waals surface area contributed by atoms with Gasteiger partial charge < -0.3 is 11.1 Å². The number of hydrogen-bond acceptors (Lipinski definition) is 3. The van der Waals surface area contributed by atoms with Crippen molar-refractivity contribution < 1.29 is 0 Å². The maximum absolute atomic E-state index is 6.14. The fraction of sp³-hybridized carbons (Fsp3) is 0.265. The minimum atomic E-state index is -0.0727. The zero-order chi connectivity index (χ0) is 36.9. The topological polar surface area (TPSA) is 50.1 Å². The number of hydrogen-bond donors (Lipinski definition) is 3. The Kier molecular flexibility index (Phi) is 13.6. The standard InChI is InChI=1S/C43H43N3.C4H8.C2H6/c1-43(2)39-20-12-11-19-36(39)37-23-21-34(28-40(37)43)33-22-24-41(38(27-33)35-18-10-9-15-31(35)25-26-44)46-42(32-16-7-4-8-17-32)45-29-30-13-5-3-6-14-30;1-3-4-2;1-2/h3-8,10-14,16-24,27-28,42,45-46H,9,15,25-26,29,44H2,1-2H3;3-4H,1-2H3;1-2H3/b;4-3-;. The zero-order valence-corrected chi connectivity index (χ0v) is 32.0. The van der Waals surface area contributed by atoms with Crippen LogP contribution in [0.2, 0.25) is 0 Å². The number of nitrogens with one attached hydrogen (secondary N) is 2. The predicted molar refractivity (Wildman–Crippen MR) is 226 cm³/mol. The third-order valence-corrected chi connectivity index (χ3v) is 10.1. The molecule has 2 aliphatic rings. The van der Waals surface area contributed by atoms with Crippen molar-refractivity contribution in [3.63, 3.8) is 0 Å². The summed E-state index contributed by atoms with van der Waals surface area (Å²) in [4.78, 5) is 0.